The van der Waals surface area contributed by atoms with Gasteiger partial charge in [0.05, 0.1) is 13.7 Å². The van der Waals surface area contributed by atoms with Gasteiger partial charge in [0.1, 0.15) is 30.3 Å². The number of rotatable bonds is 6. The molecule has 1 atom stereocenters. The van der Waals surface area contributed by atoms with Gasteiger partial charge in [-0.15, -0.1) is 0 Å². The number of ether oxygens (including phenoxy) is 2. The monoisotopic (exact) mass is 330 g/mol. The van der Waals surface area contributed by atoms with E-state index in [2.05, 4.69) is 17.0 Å². The number of carbonyl (C=O) groups is 1. The SMILES string of the molecule is CCCCN(CC1Cc2cc(OC)ccc2O1)C(=O)n1cncn1. The van der Waals surface area contributed by atoms with Gasteiger partial charge in [-0.25, -0.2) is 9.78 Å². The summed E-state index contributed by atoms with van der Waals surface area (Å²) in [6.45, 7) is 3.30. The number of unbranched alkanes of at least 4 members (excludes halogenated alkanes) is 1. The van der Waals surface area contributed by atoms with Crippen molar-refractivity contribution in [1.29, 1.82) is 0 Å². The number of amides is 1. The zero-order chi connectivity index (χ0) is 16.9. The van der Waals surface area contributed by atoms with E-state index >= 15 is 0 Å². The maximum atomic E-state index is 12.6. The topological polar surface area (TPSA) is 69.5 Å². The van der Waals surface area contributed by atoms with Crippen LogP contribution >= 0.6 is 0 Å². The summed E-state index contributed by atoms with van der Waals surface area (Å²) >= 11 is 0. The summed E-state index contributed by atoms with van der Waals surface area (Å²) in [5.41, 5.74) is 1.11. The second-order valence-electron chi connectivity index (χ2n) is 5.84. The number of carbonyl (C=O) groups excluding carboxylic acids is 1. The number of nitrogens with zero attached hydrogens (tertiary/aromatic N) is 4. The molecule has 0 fully saturated rings. The predicted octanol–water partition coefficient (Wildman–Crippen LogP) is 2.36. The van der Waals surface area contributed by atoms with Crippen LogP contribution in [-0.2, 0) is 6.42 Å². The third-order valence-electron chi connectivity index (χ3n) is 4.10. The summed E-state index contributed by atoms with van der Waals surface area (Å²) in [7, 11) is 1.65. The molecule has 0 aliphatic carbocycles. The van der Waals surface area contributed by atoms with Gasteiger partial charge in [0.2, 0.25) is 0 Å². The smallest absolute Gasteiger partial charge is 0.346 e. The van der Waals surface area contributed by atoms with Crippen molar-refractivity contribution in [2.45, 2.75) is 32.3 Å². The van der Waals surface area contributed by atoms with Gasteiger partial charge in [0, 0.05) is 18.5 Å². The Kier molecular flexibility index (Phi) is 4.98. The molecule has 2 aromatic rings. The van der Waals surface area contributed by atoms with Crippen molar-refractivity contribution < 1.29 is 14.3 Å². The van der Waals surface area contributed by atoms with Crippen LogP contribution in [0.25, 0.3) is 0 Å². The zero-order valence-electron chi connectivity index (χ0n) is 14.0. The van der Waals surface area contributed by atoms with Crippen LogP contribution in [0.4, 0.5) is 4.79 Å². The van der Waals surface area contributed by atoms with Crippen molar-refractivity contribution in [3.8, 4) is 11.5 Å². The molecule has 1 aromatic carbocycles. The lowest BCUT2D eigenvalue weighted by molar-refractivity contribution is 0.149. The van der Waals surface area contributed by atoms with E-state index in [0.717, 1.165) is 36.3 Å². The fourth-order valence-corrected chi connectivity index (χ4v) is 2.84. The standard InChI is InChI=1S/C17H22N4O3/c1-3-4-7-20(17(22)21-12-18-11-19-21)10-15-9-13-8-14(23-2)5-6-16(13)24-15/h5-6,8,11-12,15H,3-4,7,9-10H2,1-2H3. The minimum atomic E-state index is -0.168. The summed E-state index contributed by atoms with van der Waals surface area (Å²) in [5, 5.41) is 3.94. The molecule has 1 aliphatic rings. The third-order valence-corrected chi connectivity index (χ3v) is 4.10. The van der Waals surface area contributed by atoms with Crippen LogP contribution in [0.2, 0.25) is 0 Å². The fraction of sp³-hybridized carbons (Fsp3) is 0.471. The fourth-order valence-electron chi connectivity index (χ4n) is 2.84. The van der Waals surface area contributed by atoms with Crippen LogP contribution in [0.3, 0.4) is 0 Å². The second kappa shape index (κ2) is 7.33. The maximum Gasteiger partial charge on any atom is 0.346 e. The number of hydrogen-bond acceptors (Lipinski definition) is 5. The van der Waals surface area contributed by atoms with Gasteiger partial charge in [-0.3, -0.25) is 0 Å². The van der Waals surface area contributed by atoms with Crippen LogP contribution in [0.5, 0.6) is 11.5 Å². The largest absolute Gasteiger partial charge is 0.497 e. The molecule has 2 heterocycles. The highest BCUT2D eigenvalue weighted by Crippen LogP contribution is 2.32. The average molecular weight is 330 g/mol. The van der Waals surface area contributed by atoms with Gasteiger partial charge in [0.25, 0.3) is 0 Å². The Morgan fingerprint density at radius 1 is 1.50 bits per heavy atom. The number of benzene rings is 1. The summed E-state index contributed by atoms with van der Waals surface area (Å²) in [6, 6.07) is 5.63. The molecule has 128 valence electrons. The van der Waals surface area contributed by atoms with Gasteiger partial charge >= 0.3 is 6.03 Å². The molecule has 7 heteroatoms. The first kappa shape index (κ1) is 16.3. The molecular weight excluding hydrogens is 308 g/mol. The predicted molar refractivity (Wildman–Crippen MR) is 88.4 cm³/mol. The highest BCUT2D eigenvalue weighted by Gasteiger charge is 2.27. The molecule has 0 bridgehead atoms. The Morgan fingerprint density at radius 2 is 2.38 bits per heavy atom. The average Bonchev–Trinajstić information content (AvgIpc) is 3.26. The van der Waals surface area contributed by atoms with E-state index in [9.17, 15) is 4.79 Å². The molecule has 1 unspecified atom stereocenters. The minimum absolute atomic E-state index is 0.0589. The van der Waals surface area contributed by atoms with Crippen LogP contribution in [-0.4, -0.2) is 52.0 Å². The summed E-state index contributed by atoms with van der Waals surface area (Å²) in [5.74, 6) is 1.68. The Morgan fingerprint density at radius 3 is 3.08 bits per heavy atom. The second-order valence-corrected chi connectivity index (χ2v) is 5.84. The van der Waals surface area contributed by atoms with Gasteiger partial charge < -0.3 is 14.4 Å². The van der Waals surface area contributed by atoms with Crippen molar-refractivity contribution in [3.05, 3.63) is 36.4 Å². The van der Waals surface area contributed by atoms with Crippen molar-refractivity contribution in [2.24, 2.45) is 0 Å². The van der Waals surface area contributed by atoms with Crippen molar-refractivity contribution in [2.75, 3.05) is 20.2 Å². The summed E-state index contributed by atoms with van der Waals surface area (Å²) in [6.07, 6.45) is 5.45. The molecule has 1 amide bonds. The van der Waals surface area contributed by atoms with Crippen LogP contribution in [0.15, 0.2) is 30.9 Å². The quantitative estimate of drug-likeness (QED) is 0.813. The van der Waals surface area contributed by atoms with Crippen LogP contribution in [0, 0.1) is 0 Å². The maximum absolute atomic E-state index is 12.6. The van der Waals surface area contributed by atoms with Crippen LogP contribution in [0.1, 0.15) is 25.3 Å². The first-order valence-electron chi connectivity index (χ1n) is 8.18. The van der Waals surface area contributed by atoms with Crippen molar-refractivity contribution >= 4 is 6.03 Å². The molecule has 3 rings (SSSR count). The van der Waals surface area contributed by atoms with Gasteiger partial charge in [-0.1, -0.05) is 13.3 Å². The molecule has 24 heavy (non-hydrogen) atoms. The lowest BCUT2D eigenvalue weighted by Gasteiger charge is -2.24. The number of aromatic nitrogens is 3. The lowest BCUT2D eigenvalue weighted by Crippen LogP contribution is -2.42. The highest BCUT2D eigenvalue weighted by atomic mass is 16.5. The number of methoxy groups -OCH3 is 1. The van der Waals surface area contributed by atoms with E-state index in [0.29, 0.717) is 13.1 Å². The molecule has 7 nitrogen and oxygen atoms in total. The molecule has 1 aromatic heterocycles. The number of hydrogen-bond donors (Lipinski definition) is 0. The van der Waals surface area contributed by atoms with E-state index in [1.807, 2.05) is 18.2 Å². The Hall–Kier alpha value is -2.57. The minimum Gasteiger partial charge on any atom is -0.497 e. The van der Waals surface area contributed by atoms with Gasteiger partial charge in [-0.05, 0) is 24.6 Å². The molecule has 0 saturated heterocycles. The molecule has 0 saturated carbocycles. The summed E-state index contributed by atoms with van der Waals surface area (Å²) in [4.78, 5) is 18.2. The zero-order valence-corrected chi connectivity index (χ0v) is 14.0. The lowest BCUT2D eigenvalue weighted by atomic mass is 10.1. The van der Waals surface area contributed by atoms with Crippen molar-refractivity contribution in [3.63, 3.8) is 0 Å². The Labute approximate surface area is 141 Å². The molecule has 0 spiro atoms. The van der Waals surface area contributed by atoms with E-state index < -0.39 is 0 Å². The number of fused-ring (bicyclic) bond motifs is 1. The third kappa shape index (κ3) is 3.50. The Bertz CT molecular complexity index is 687. The normalized spacial score (nSPS) is 15.7. The van der Waals surface area contributed by atoms with E-state index in [1.165, 1.54) is 17.3 Å². The van der Waals surface area contributed by atoms with Gasteiger partial charge in [0.15, 0.2) is 0 Å². The van der Waals surface area contributed by atoms with E-state index in [4.69, 9.17) is 9.47 Å². The Balaban J connectivity index is 1.68. The molecular formula is C17H22N4O3. The first-order chi connectivity index (χ1) is 11.7. The van der Waals surface area contributed by atoms with E-state index in [1.54, 1.807) is 12.0 Å². The van der Waals surface area contributed by atoms with E-state index in [-0.39, 0.29) is 12.1 Å². The first-order valence-corrected chi connectivity index (χ1v) is 8.18. The summed E-state index contributed by atoms with van der Waals surface area (Å²) < 4.78 is 12.5. The molecule has 1 aliphatic heterocycles. The van der Waals surface area contributed by atoms with Crippen molar-refractivity contribution in [1.82, 2.24) is 19.7 Å². The molecule has 0 N–H and O–H groups in total. The van der Waals surface area contributed by atoms with Crippen LogP contribution < -0.4 is 9.47 Å². The van der Waals surface area contributed by atoms with Gasteiger partial charge in [-0.2, -0.15) is 9.78 Å². The molecule has 0 radical (unpaired) electrons. The highest BCUT2D eigenvalue weighted by molar-refractivity contribution is 5.75.